The highest BCUT2D eigenvalue weighted by molar-refractivity contribution is 7.09. The second kappa shape index (κ2) is 5.65. The molecule has 0 amide bonds. The van der Waals surface area contributed by atoms with Crippen molar-refractivity contribution in [3.8, 4) is 0 Å². The quantitative estimate of drug-likeness (QED) is 0.567. The molecule has 0 fully saturated rings. The van der Waals surface area contributed by atoms with E-state index in [1.165, 1.54) is 11.5 Å². The summed E-state index contributed by atoms with van der Waals surface area (Å²) in [5, 5.41) is 8.12. The van der Waals surface area contributed by atoms with Crippen LogP contribution in [0.2, 0.25) is 0 Å². The molecule has 0 bridgehead atoms. The maximum atomic E-state index is 7.21. The Bertz CT molecular complexity index is 295. The summed E-state index contributed by atoms with van der Waals surface area (Å²) in [6, 6.07) is 0. The van der Waals surface area contributed by atoms with Crippen LogP contribution >= 0.6 is 11.5 Å². The van der Waals surface area contributed by atoms with Crippen LogP contribution in [0.3, 0.4) is 0 Å². The van der Waals surface area contributed by atoms with Gasteiger partial charge < -0.3 is 10.6 Å². The maximum Gasteiger partial charge on any atom is 0.204 e. The van der Waals surface area contributed by atoms with Gasteiger partial charge in [0.05, 0.1) is 5.84 Å². The predicted molar refractivity (Wildman–Crippen MR) is 63.5 cm³/mol. The first-order chi connectivity index (χ1) is 7.09. The Kier molecular flexibility index (Phi) is 4.48. The lowest BCUT2D eigenvalue weighted by atomic mass is 10.2. The Morgan fingerprint density at radius 2 is 2.40 bits per heavy atom. The minimum absolute atomic E-state index is 0.216. The molecule has 0 saturated heterocycles. The van der Waals surface area contributed by atoms with Crippen LogP contribution in [-0.4, -0.2) is 28.3 Å². The minimum Gasteiger partial charge on any atom is -0.388 e. The number of hydrogen-bond acceptors (Lipinski definition) is 5. The molecule has 0 unspecified atom stereocenters. The van der Waals surface area contributed by atoms with Crippen LogP contribution in [0.5, 0.6) is 0 Å². The van der Waals surface area contributed by atoms with Crippen LogP contribution in [0.4, 0.5) is 5.13 Å². The zero-order valence-corrected chi connectivity index (χ0v) is 9.92. The molecule has 0 radical (unpaired) electrons. The highest BCUT2D eigenvalue weighted by Crippen LogP contribution is 2.16. The highest BCUT2D eigenvalue weighted by atomic mass is 32.1. The van der Waals surface area contributed by atoms with Crippen molar-refractivity contribution in [1.82, 2.24) is 9.36 Å². The monoisotopic (exact) mass is 227 g/mol. The first-order valence-electron chi connectivity index (χ1n) is 4.94. The van der Waals surface area contributed by atoms with Gasteiger partial charge in [0.15, 0.2) is 0 Å². The standard InChI is InChI=1S/C9H17N5S/c1-7(2)5-14(4-3-8(10)11)9-12-6-13-15-9/h6-7H,3-5H2,1-2H3,(H3,10,11). The first-order valence-corrected chi connectivity index (χ1v) is 5.71. The van der Waals surface area contributed by atoms with Crippen molar-refractivity contribution < 1.29 is 0 Å². The van der Waals surface area contributed by atoms with E-state index in [1.54, 1.807) is 6.33 Å². The van der Waals surface area contributed by atoms with Gasteiger partial charge in [-0.1, -0.05) is 13.8 Å². The largest absolute Gasteiger partial charge is 0.388 e. The molecular formula is C9H17N5S. The van der Waals surface area contributed by atoms with Gasteiger partial charge in [0.1, 0.15) is 6.33 Å². The Labute approximate surface area is 94.0 Å². The molecule has 5 nitrogen and oxygen atoms in total. The highest BCUT2D eigenvalue weighted by Gasteiger charge is 2.11. The van der Waals surface area contributed by atoms with Crippen LogP contribution < -0.4 is 10.6 Å². The van der Waals surface area contributed by atoms with E-state index in [-0.39, 0.29) is 5.84 Å². The molecule has 0 aliphatic heterocycles. The lowest BCUT2D eigenvalue weighted by molar-refractivity contribution is 0.612. The number of anilines is 1. The Balaban J connectivity index is 2.57. The summed E-state index contributed by atoms with van der Waals surface area (Å²) in [5.74, 6) is 0.772. The van der Waals surface area contributed by atoms with E-state index in [1.807, 2.05) is 0 Å². The molecular weight excluding hydrogens is 210 g/mol. The zero-order chi connectivity index (χ0) is 11.3. The summed E-state index contributed by atoms with van der Waals surface area (Å²) in [6.45, 7) is 5.97. The van der Waals surface area contributed by atoms with Gasteiger partial charge in [0.25, 0.3) is 0 Å². The summed E-state index contributed by atoms with van der Waals surface area (Å²) in [6.07, 6.45) is 2.13. The molecule has 1 aromatic rings. The van der Waals surface area contributed by atoms with E-state index in [0.29, 0.717) is 12.3 Å². The molecule has 15 heavy (non-hydrogen) atoms. The van der Waals surface area contributed by atoms with Gasteiger partial charge in [-0.05, 0) is 5.92 Å². The number of amidine groups is 1. The maximum absolute atomic E-state index is 7.21. The predicted octanol–water partition coefficient (Wildman–Crippen LogP) is 1.33. The summed E-state index contributed by atoms with van der Waals surface area (Å²) < 4.78 is 3.98. The van der Waals surface area contributed by atoms with Gasteiger partial charge in [-0.3, -0.25) is 5.41 Å². The van der Waals surface area contributed by atoms with Crippen molar-refractivity contribution >= 4 is 22.5 Å². The zero-order valence-electron chi connectivity index (χ0n) is 9.10. The van der Waals surface area contributed by atoms with Crippen LogP contribution in [0.15, 0.2) is 6.33 Å². The molecule has 0 aliphatic rings. The van der Waals surface area contributed by atoms with Crippen molar-refractivity contribution in [1.29, 1.82) is 5.41 Å². The van der Waals surface area contributed by atoms with E-state index < -0.39 is 0 Å². The van der Waals surface area contributed by atoms with Gasteiger partial charge >= 0.3 is 0 Å². The third-order valence-electron chi connectivity index (χ3n) is 1.86. The van der Waals surface area contributed by atoms with Crippen molar-refractivity contribution in [2.45, 2.75) is 20.3 Å². The summed E-state index contributed by atoms with van der Waals surface area (Å²) in [4.78, 5) is 6.30. The van der Waals surface area contributed by atoms with E-state index in [4.69, 9.17) is 11.1 Å². The average Bonchev–Trinajstić information content (AvgIpc) is 2.63. The molecule has 3 N–H and O–H groups in total. The van der Waals surface area contributed by atoms with Crippen molar-refractivity contribution in [3.05, 3.63) is 6.33 Å². The Morgan fingerprint density at radius 3 is 2.87 bits per heavy atom. The molecule has 1 heterocycles. The molecule has 1 aromatic heterocycles. The van der Waals surface area contributed by atoms with Gasteiger partial charge in [-0.2, -0.15) is 4.37 Å². The number of nitrogens with one attached hydrogen (secondary N) is 1. The van der Waals surface area contributed by atoms with Crippen LogP contribution in [0, 0.1) is 11.3 Å². The van der Waals surface area contributed by atoms with Crippen LogP contribution in [0.1, 0.15) is 20.3 Å². The van der Waals surface area contributed by atoms with Crippen molar-refractivity contribution in [3.63, 3.8) is 0 Å². The number of hydrogen-bond donors (Lipinski definition) is 2. The number of aromatic nitrogens is 2. The first kappa shape index (κ1) is 11.9. The van der Waals surface area contributed by atoms with E-state index in [0.717, 1.165) is 18.2 Å². The molecule has 1 rings (SSSR count). The molecule has 0 aliphatic carbocycles. The smallest absolute Gasteiger partial charge is 0.204 e. The normalized spacial score (nSPS) is 10.6. The number of nitrogens with zero attached hydrogens (tertiary/aromatic N) is 3. The lowest BCUT2D eigenvalue weighted by Gasteiger charge is -2.22. The van der Waals surface area contributed by atoms with Crippen LogP contribution in [-0.2, 0) is 0 Å². The van der Waals surface area contributed by atoms with Crippen LogP contribution in [0.25, 0.3) is 0 Å². The van der Waals surface area contributed by atoms with Crippen molar-refractivity contribution in [2.24, 2.45) is 11.7 Å². The third-order valence-corrected chi connectivity index (χ3v) is 2.58. The number of nitrogens with two attached hydrogens (primary N) is 1. The van der Waals surface area contributed by atoms with Gasteiger partial charge in [-0.25, -0.2) is 4.98 Å². The fourth-order valence-electron chi connectivity index (χ4n) is 1.27. The lowest BCUT2D eigenvalue weighted by Crippen LogP contribution is -2.31. The molecule has 0 aromatic carbocycles. The van der Waals surface area contributed by atoms with Crippen molar-refractivity contribution in [2.75, 3.05) is 18.0 Å². The minimum atomic E-state index is 0.216. The summed E-state index contributed by atoms with van der Waals surface area (Å²) in [7, 11) is 0. The van der Waals surface area contributed by atoms with E-state index in [9.17, 15) is 0 Å². The molecule has 0 spiro atoms. The summed E-state index contributed by atoms with van der Waals surface area (Å²) >= 11 is 1.38. The van der Waals surface area contributed by atoms with E-state index in [2.05, 4.69) is 28.1 Å². The second-order valence-electron chi connectivity index (χ2n) is 3.84. The Hall–Kier alpha value is -1.17. The van der Waals surface area contributed by atoms with Gasteiger partial charge in [0.2, 0.25) is 5.13 Å². The fourth-order valence-corrected chi connectivity index (χ4v) is 1.83. The molecule has 0 saturated carbocycles. The summed E-state index contributed by atoms with van der Waals surface area (Å²) in [5.41, 5.74) is 5.35. The van der Waals surface area contributed by atoms with Gasteiger partial charge in [0, 0.05) is 31.0 Å². The molecule has 84 valence electrons. The SMILES string of the molecule is CC(C)CN(CCC(=N)N)c1ncns1. The number of rotatable bonds is 6. The van der Waals surface area contributed by atoms with Gasteiger partial charge in [-0.15, -0.1) is 0 Å². The fraction of sp³-hybridized carbons (Fsp3) is 0.667. The topological polar surface area (TPSA) is 78.9 Å². The molecule has 6 heteroatoms. The Morgan fingerprint density at radius 1 is 1.67 bits per heavy atom. The second-order valence-corrected chi connectivity index (χ2v) is 4.60. The molecule has 0 atom stereocenters. The average molecular weight is 227 g/mol. The third kappa shape index (κ3) is 4.24. The van der Waals surface area contributed by atoms with E-state index >= 15 is 0 Å².